The van der Waals surface area contributed by atoms with Crippen molar-refractivity contribution in [2.75, 3.05) is 39.3 Å². The number of carbonyl (C=O) groups excluding carboxylic acids is 1. The van der Waals surface area contributed by atoms with Gasteiger partial charge in [-0.3, -0.25) is 9.69 Å². The molecule has 128 valence electrons. The predicted molar refractivity (Wildman–Crippen MR) is 80.6 cm³/mol. The number of ether oxygens (including phenoxy) is 1. The number of carbonyl (C=O) groups is 1. The van der Waals surface area contributed by atoms with Gasteiger partial charge in [-0.25, -0.2) is 0 Å². The first-order valence-corrected chi connectivity index (χ1v) is 7.66. The summed E-state index contributed by atoms with van der Waals surface area (Å²) in [6.45, 7) is 0.195. The molecule has 23 heavy (non-hydrogen) atoms. The smallest absolute Gasteiger partial charge is 0.401 e. The van der Waals surface area contributed by atoms with Gasteiger partial charge in [0.05, 0.1) is 6.54 Å². The van der Waals surface area contributed by atoms with Crippen molar-refractivity contribution in [3.05, 3.63) is 29.3 Å². The largest absolute Gasteiger partial charge is 0.484 e. The summed E-state index contributed by atoms with van der Waals surface area (Å²) >= 11 is 5.76. The van der Waals surface area contributed by atoms with Crippen LogP contribution in [0.15, 0.2) is 24.3 Å². The topological polar surface area (TPSA) is 32.8 Å². The molecule has 0 saturated carbocycles. The van der Waals surface area contributed by atoms with Crippen molar-refractivity contribution in [3.63, 3.8) is 0 Å². The molecule has 1 aliphatic heterocycles. The third-order valence-corrected chi connectivity index (χ3v) is 3.77. The molecule has 0 aromatic heterocycles. The maximum Gasteiger partial charge on any atom is 0.401 e. The Hall–Kier alpha value is -1.47. The molecule has 1 fully saturated rings. The Morgan fingerprint density at radius 1 is 1.13 bits per heavy atom. The van der Waals surface area contributed by atoms with Crippen molar-refractivity contribution < 1.29 is 22.7 Å². The molecule has 2 rings (SSSR count). The fourth-order valence-electron chi connectivity index (χ4n) is 2.40. The van der Waals surface area contributed by atoms with E-state index in [1.807, 2.05) is 0 Å². The van der Waals surface area contributed by atoms with Crippen LogP contribution in [0.25, 0.3) is 0 Å². The van der Waals surface area contributed by atoms with Gasteiger partial charge in [-0.2, -0.15) is 13.2 Å². The molecule has 0 spiro atoms. The van der Waals surface area contributed by atoms with Crippen LogP contribution in [0.2, 0.25) is 5.02 Å². The number of nitrogens with zero attached hydrogens (tertiary/aromatic N) is 2. The Kier molecular flexibility index (Phi) is 6.12. The first kappa shape index (κ1) is 17.9. The fraction of sp³-hybridized carbons (Fsp3) is 0.533. The normalized spacial score (nSPS) is 17.0. The van der Waals surface area contributed by atoms with Gasteiger partial charge < -0.3 is 9.64 Å². The lowest BCUT2D eigenvalue weighted by Gasteiger charge is -2.22. The summed E-state index contributed by atoms with van der Waals surface area (Å²) in [5.74, 6) is 0.296. The van der Waals surface area contributed by atoms with Crippen LogP contribution in [-0.2, 0) is 4.79 Å². The predicted octanol–water partition coefficient (Wildman–Crippen LogP) is 2.82. The van der Waals surface area contributed by atoms with Gasteiger partial charge in [-0.15, -0.1) is 0 Å². The summed E-state index contributed by atoms with van der Waals surface area (Å²) < 4.78 is 42.6. The highest BCUT2D eigenvalue weighted by molar-refractivity contribution is 6.30. The zero-order valence-corrected chi connectivity index (χ0v) is 13.2. The van der Waals surface area contributed by atoms with Gasteiger partial charge in [-0.1, -0.05) is 11.6 Å². The summed E-state index contributed by atoms with van der Waals surface area (Å²) in [6.07, 6.45) is -3.69. The molecule has 1 aromatic rings. The molecule has 1 aromatic carbocycles. The van der Waals surface area contributed by atoms with Gasteiger partial charge in [-0.05, 0) is 30.7 Å². The van der Waals surface area contributed by atoms with E-state index in [0.29, 0.717) is 30.3 Å². The van der Waals surface area contributed by atoms with E-state index in [-0.39, 0.29) is 25.6 Å². The molecular formula is C15H18ClF3N2O2. The van der Waals surface area contributed by atoms with E-state index < -0.39 is 12.7 Å². The van der Waals surface area contributed by atoms with Crippen molar-refractivity contribution in [1.82, 2.24) is 9.80 Å². The molecule has 1 saturated heterocycles. The molecule has 0 atom stereocenters. The van der Waals surface area contributed by atoms with E-state index in [1.54, 1.807) is 29.2 Å². The van der Waals surface area contributed by atoms with E-state index >= 15 is 0 Å². The number of amides is 1. The Balaban J connectivity index is 1.80. The summed E-state index contributed by atoms with van der Waals surface area (Å²) in [4.78, 5) is 15.0. The van der Waals surface area contributed by atoms with Crippen molar-refractivity contribution in [3.8, 4) is 5.75 Å². The Bertz CT molecular complexity index is 522. The van der Waals surface area contributed by atoms with Crippen LogP contribution in [0.1, 0.15) is 6.42 Å². The van der Waals surface area contributed by atoms with Crippen molar-refractivity contribution >= 4 is 17.5 Å². The average Bonchev–Trinajstić information content (AvgIpc) is 2.70. The minimum Gasteiger partial charge on any atom is -0.484 e. The van der Waals surface area contributed by atoms with Crippen molar-refractivity contribution in [1.29, 1.82) is 0 Å². The molecular weight excluding hydrogens is 333 g/mol. The van der Waals surface area contributed by atoms with E-state index in [9.17, 15) is 18.0 Å². The lowest BCUT2D eigenvalue weighted by molar-refractivity contribution is -0.145. The van der Waals surface area contributed by atoms with E-state index in [2.05, 4.69) is 0 Å². The first-order chi connectivity index (χ1) is 10.8. The molecule has 1 heterocycles. The highest BCUT2D eigenvalue weighted by Crippen LogP contribution is 2.18. The first-order valence-electron chi connectivity index (χ1n) is 7.29. The monoisotopic (exact) mass is 350 g/mol. The second-order valence-corrected chi connectivity index (χ2v) is 5.80. The van der Waals surface area contributed by atoms with Crippen LogP contribution >= 0.6 is 11.6 Å². The van der Waals surface area contributed by atoms with Crippen molar-refractivity contribution in [2.24, 2.45) is 0 Å². The zero-order chi connectivity index (χ0) is 16.9. The minimum atomic E-state index is -4.21. The van der Waals surface area contributed by atoms with Gasteiger partial charge >= 0.3 is 6.18 Å². The van der Waals surface area contributed by atoms with E-state index in [1.165, 1.54) is 4.90 Å². The van der Waals surface area contributed by atoms with Crippen molar-refractivity contribution in [2.45, 2.75) is 12.6 Å². The zero-order valence-electron chi connectivity index (χ0n) is 12.5. The van der Waals surface area contributed by atoms with Gasteiger partial charge in [0.1, 0.15) is 5.75 Å². The fourth-order valence-corrected chi connectivity index (χ4v) is 2.53. The Morgan fingerprint density at radius 3 is 2.48 bits per heavy atom. The minimum absolute atomic E-state index is 0.138. The summed E-state index contributed by atoms with van der Waals surface area (Å²) in [5.41, 5.74) is 0. The van der Waals surface area contributed by atoms with E-state index in [4.69, 9.17) is 16.3 Å². The standard InChI is InChI=1S/C15H18ClF3N2O2/c16-12-2-4-13(5-3-12)23-10-14(22)21-7-1-6-20(8-9-21)11-15(17,18)19/h2-5H,1,6-11H2. The van der Waals surface area contributed by atoms with Gasteiger partial charge in [0.25, 0.3) is 5.91 Å². The quantitative estimate of drug-likeness (QED) is 0.837. The second kappa shape index (κ2) is 7.88. The highest BCUT2D eigenvalue weighted by atomic mass is 35.5. The van der Waals surface area contributed by atoms with Crippen LogP contribution in [-0.4, -0.2) is 61.2 Å². The van der Waals surface area contributed by atoms with Gasteiger partial charge in [0, 0.05) is 31.2 Å². The van der Waals surface area contributed by atoms with Crippen LogP contribution in [0, 0.1) is 0 Å². The lowest BCUT2D eigenvalue weighted by atomic mass is 10.3. The van der Waals surface area contributed by atoms with Gasteiger partial charge in [0.15, 0.2) is 6.61 Å². The molecule has 0 unspecified atom stereocenters. The summed E-state index contributed by atoms with van der Waals surface area (Å²) in [5, 5.41) is 0.570. The number of benzene rings is 1. The Morgan fingerprint density at radius 2 is 1.83 bits per heavy atom. The second-order valence-electron chi connectivity index (χ2n) is 5.37. The lowest BCUT2D eigenvalue weighted by Crippen LogP contribution is -2.40. The number of rotatable bonds is 4. The Labute approximate surface area is 137 Å². The van der Waals surface area contributed by atoms with E-state index in [0.717, 1.165) is 0 Å². The highest BCUT2D eigenvalue weighted by Gasteiger charge is 2.31. The van der Waals surface area contributed by atoms with Crippen LogP contribution < -0.4 is 4.74 Å². The SMILES string of the molecule is O=C(COc1ccc(Cl)cc1)N1CCCN(CC(F)(F)F)CC1. The number of halogens is 4. The molecule has 8 heteroatoms. The molecule has 1 aliphatic rings. The third kappa shape index (κ3) is 6.27. The maximum atomic E-state index is 12.4. The van der Waals surface area contributed by atoms with Crippen LogP contribution in [0.3, 0.4) is 0 Å². The molecule has 0 bridgehead atoms. The number of alkyl halides is 3. The van der Waals surface area contributed by atoms with Gasteiger partial charge in [0.2, 0.25) is 0 Å². The van der Waals surface area contributed by atoms with Crippen LogP contribution in [0.5, 0.6) is 5.75 Å². The molecule has 0 aliphatic carbocycles. The third-order valence-electron chi connectivity index (χ3n) is 3.52. The molecule has 0 N–H and O–H groups in total. The molecule has 4 nitrogen and oxygen atoms in total. The average molecular weight is 351 g/mol. The number of hydrogen-bond donors (Lipinski definition) is 0. The molecule has 0 radical (unpaired) electrons. The summed E-state index contributed by atoms with van der Waals surface area (Å²) in [6, 6.07) is 6.62. The molecule has 1 amide bonds. The van der Waals surface area contributed by atoms with Crippen LogP contribution in [0.4, 0.5) is 13.2 Å². The number of hydrogen-bond acceptors (Lipinski definition) is 3. The summed E-state index contributed by atoms with van der Waals surface area (Å²) in [7, 11) is 0. The maximum absolute atomic E-state index is 12.4.